The van der Waals surface area contributed by atoms with Crippen molar-refractivity contribution in [1.82, 2.24) is 5.32 Å². The number of hydrogen-bond acceptors (Lipinski definition) is 3. The van der Waals surface area contributed by atoms with Crippen LogP contribution in [0.5, 0.6) is 5.75 Å². The molecule has 0 aromatic heterocycles. The summed E-state index contributed by atoms with van der Waals surface area (Å²) >= 11 is 1.70. The van der Waals surface area contributed by atoms with Gasteiger partial charge in [0.1, 0.15) is 5.75 Å². The van der Waals surface area contributed by atoms with E-state index in [1.165, 1.54) is 6.07 Å². The van der Waals surface area contributed by atoms with Crippen LogP contribution in [0.2, 0.25) is 0 Å². The summed E-state index contributed by atoms with van der Waals surface area (Å²) in [6.45, 7) is 6.74. The van der Waals surface area contributed by atoms with Gasteiger partial charge in [0.15, 0.2) is 0 Å². The first-order valence-corrected chi connectivity index (χ1v) is 7.58. The number of hydrogen-bond donors (Lipinski definition) is 1. The molecule has 0 saturated heterocycles. The number of ether oxygens (including phenoxy) is 1. The Labute approximate surface area is 122 Å². The maximum absolute atomic E-state index is 12.4. The second-order valence-corrected chi connectivity index (χ2v) is 6.19. The molecule has 0 fully saturated rings. The Morgan fingerprint density at radius 3 is 2.45 bits per heavy atom. The van der Waals surface area contributed by atoms with Gasteiger partial charge in [-0.15, -0.1) is 13.2 Å². The highest BCUT2D eigenvalue weighted by molar-refractivity contribution is 7.99. The van der Waals surface area contributed by atoms with E-state index in [0.717, 1.165) is 0 Å². The number of halogens is 3. The SMILES string of the molecule is CCNC(CSC(C)C)c1ccccc1OC(F)(F)F. The molecule has 2 nitrogen and oxygen atoms in total. The molecule has 1 atom stereocenters. The lowest BCUT2D eigenvalue weighted by Gasteiger charge is -2.22. The van der Waals surface area contributed by atoms with Gasteiger partial charge in [0.2, 0.25) is 0 Å². The van der Waals surface area contributed by atoms with Crippen LogP contribution in [0.3, 0.4) is 0 Å². The Morgan fingerprint density at radius 2 is 1.90 bits per heavy atom. The zero-order valence-electron chi connectivity index (χ0n) is 11.8. The highest BCUT2D eigenvalue weighted by atomic mass is 32.2. The molecule has 0 aliphatic carbocycles. The van der Waals surface area contributed by atoms with Crippen molar-refractivity contribution in [2.45, 2.75) is 38.4 Å². The number of para-hydroxylation sites is 1. The Balaban J connectivity index is 2.94. The van der Waals surface area contributed by atoms with E-state index >= 15 is 0 Å². The van der Waals surface area contributed by atoms with Crippen LogP contribution in [0.15, 0.2) is 24.3 Å². The molecule has 0 radical (unpaired) electrons. The predicted octanol–water partition coefficient (Wildman–Crippen LogP) is 4.38. The van der Waals surface area contributed by atoms with Crippen LogP contribution in [0, 0.1) is 0 Å². The van der Waals surface area contributed by atoms with Crippen molar-refractivity contribution < 1.29 is 17.9 Å². The van der Waals surface area contributed by atoms with E-state index in [0.29, 0.717) is 23.1 Å². The monoisotopic (exact) mass is 307 g/mol. The van der Waals surface area contributed by atoms with Gasteiger partial charge in [-0.05, 0) is 17.9 Å². The van der Waals surface area contributed by atoms with Crippen molar-refractivity contribution in [1.29, 1.82) is 0 Å². The second kappa shape index (κ2) is 7.78. The summed E-state index contributed by atoms with van der Waals surface area (Å²) in [5, 5.41) is 3.64. The van der Waals surface area contributed by atoms with Gasteiger partial charge < -0.3 is 10.1 Å². The molecule has 0 amide bonds. The van der Waals surface area contributed by atoms with Gasteiger partial charge >= 0.3 is 6.36 Å². The van der Waals surface area contributed by atoms with E-state index in [1.807, 2.05) is 6.92 Å². The Hall–Kier alpha value is -0.880. The molecule has 20 heavy (non-hydrogen) atoms. The molecular formula is C14H20F3NOS. The molecule has 1 unspecified atom stereocenters. The van der Waals surface area contributed by atoms with Gasteiger partial charge in [0.25, 0.3) is 0 Å². The van der Waals surface area contributed by atoms with Crippen molar-refractivity contribution >= 4 is 11.8 Å². The first-order chi connectivity index (χ1) is 9.33. The van der Waals surface area contributed by atoms with Crippen LogP contribution in [-0.4, -0.2) is 23.9 Å². The van der Waals surface area contributed by atoms with Crippen molar-refractivity contribution in [3.05, 3.63) is 29.8 Å². The van der Waals surface area contributed by atoms with Crippen LogP contribution >= 0.6 is 11.8 Å². The number of rotatable bonds is 7. The molecule has 0 spiro atoms. The van der Waals surface area contributed by atoms with E-state index < -0.39 is 6.36 Å². The molecule has 1 rings (SSSR count). The molecule has 1 aromatic rings. The van der Waals surface area contributed by atoms with Crippen molar-refractivity contribution in [3.8, 4) is 5.75 Å². The highest BCUT2D eigenvalue weighted by Gasteiger charge is 2.32. The third-order valence-electron chi connectivity index (χ3n) is 2.57. The third kappa shape index (κ3) is 6.05. The van der Waals surface area contributed by atoms with E-state index in [1.54, 1.807) is 30.0 Å². The average molecular weight is 307 g/mol. The van der Waals surface area contributed by atoms with E-state index in [-0.39, 0.29) is 11.8 Å². The Morgan fingerprint density at radius 1 is 1.25 bits per heavy atom. The number of nitrogens with one attached hydrogen (secondary N) is 1. The van der Waals surface area contributed by atoms with Crippen molar-refractivity contribution in [3.63, 3.8) is 0 Å². The molecule has 1 N–H and O–H groups in total. The first kappa shape index (κ1) is 17.2. The summed E-state index contributed by atoms with van der Waals surface area (Å²) in [6.07, 6.45) is -4.67. The molecular weight excluding hydrogens is 287 g/mol. The van der Waals surface area contributed by atoms with Crippen LogP contribution in [0.1, 0.15) is 32.4 Å². The molecule has 1 aromatic carbocycles. The minimum atomic E-state index is -4.67. The third-order valence-corrected chi connectivity index (χ3v) is 3.76. The minimum absolute atomic E-state index is 0.129. The fourth-order valence-corrected chi connectivity index (χ4v) is 2.65. The first-order valence-electron chi connectivity index (χ1n) is 6.53. The van der Waals surface area contributed by atoms with Gasteiger partial charge in [-0.2, -0.15) is 11.8 Å². The largest absolute Gasteiger partial charge is 0.573 e. The second-order valence-electron chi connectivity index (χ2n) is 4.58. The highest BCUT2D eigenvalue weighted by Crippen LogP contribution is 2.32. The Kier molecular flexibility index (Phi) is 6.68. The summed E-state index contributed by atoms with van der Waals surface area (Å²) in [6, 6.07) is 6.14. The smallest absolute Gasteiger partial charge is 0.405 e. The maximum atomic E-state index is 12.4. The van der Waals surface area contributed by atoms with Gasteiger partial charge in [-0.25, -0.2) is 0 Å². The zero-order valence-corrected chi connectivity index (χ0v) is 12.6. The van der Waals surface area contributed by atoms with Gasteiger partial charge in [-0.1, -0.05) is 39.0 Å². The summed E-state index contributed by atoms with van der Waals surface area (Å²) in [5.41, 5.74) is 0.542. The molecule has 0 heterocycles. The zero-order chi connectivity index (χ0) is 15.2. The lowest BCUT2D eigenvalue weighted by atomic mass is 10.1. The Bertz CT molecular complexity index is 410. The number of benzene rings is 1. The fraction of sp³-hybridized carbons (Fsp3) is 0.571. The normalized spacial score (nSPS) is 13.6. The minimum Gasteiger partial charge on any atom is -0.405 e. The van der Waals surface area contributed by atoms with Crippen LogP contribution < -0.4 is 10.1 Å². The lowest BCUT2D eigenvalue weighted by Crippen LogP contribution is -2.26. The molecule has 0 aliphatic heterocycles. The standard InChI is InChI=1S/C14H20F3NOS/c1-4-18-12(9-20-10(2)3)11-7-5-6-8-13(11)19-14(15,16)17/h5-8,10,12,18H,4,9H2,1-3H3. The van der Waals surface area contributed by atoms with Crippen LogP contribution in [-0.2, 0) is 0 Å². The number of alkyl halides is 3. The van der Waals surface area contributed by atoms with Crippen molar-refractivity contribution in [2.75, 3.05) is 12.3 Å². The topological polar surface area (TPSA) is 21.3 Å². The lowest BCUT2D eigenvalue weighted by molar-refractivity contribution is -0.275. The van der Waals surface area contributed by atoms with E-state index in [9.17, 15) is 13.2 Å². The van der Waals surface area contributed by atoms with E-state index in [4.69, 9.17) is 0 Å². The van der Waals surface area contributed by atoms with Gasteiger partial charge in [-0.3, -0.25) is 0 Å². The predicted molar refractivity (Wildman–Crippen MR) is 77.1 cm³/mol. The fourth-order valence-electron chi connectivity index (χ4n) is 1.78. The molecule has 0 bridgehead atoms. The van der Waals surface area contributed by atoms with Crippen molar-refractivity contribution in [2.24, 2.45) is 0 Å². The number of thioether (sulfide) groups is 1. The molecule has 0 aliphatic rings. The molecule has 114 valence electrons. The van der Waals surface area contributed by atoms with Crippen LogP contribution in [0.4, 0.5) is 13.2 Å². The molecule has 0 saturated carbocycles. The van der Waals surface area contributed by atoms with Gasteiger partial charge in [0.05, 0.1) is 0 Å². The van der Waals surface area contributed by atoms with E-state index in [2.05, 4.69) is 23.9 Å². The van der Waals surface area contributed by atoms with Gasteiger partial charge in [0, 0.05) is 17.4 Å². The quantitative estimate of drug-likeness (QED) is 0.808. The summed E-state index contributed by atoms with van der Waals surface area (Å²) in [4.78, 5) is 0. The summed E-state index contributed by atoms with van der Waals surface area (Å²) < 4.78 is 41.4. The molecule has 6 heteroatoms. The van der Waals surface area contributed by atoms with Crippen LogP contribution in [0.25, 0.3) is 0 Å². The maximum Gasteiger partial charge on any atom is 0.573 e. The summed E-state index contributed by atoms with van der Waals surface area (Å²) in [5.74, 6) is 0.569. The average Bonchev–Trinajstić information content (AvgIpc) is 2.33. The summed E-state index contributed by atoms with van der Waals surface area (Å²) in [7, 11) is 0.